The van der Waals surface area contributed by atoms with Crippen molar-refractivity contribution in [1.29, 1.82) is 0 Å². The van der Waals surface area contributed by atoms with Gasteiger partial charge in [0.25, 0.3) is 0 Å². The normalized spacial score (nSPS) is 12.4. The minimum absolute atomic E-state index is 0.0289. The van der Waals surface area contributed by atoms with Gasteiger partial charge >= 0.3 is 5.97 Å². The zero-order valence-corrected chi connectivity index (χ0v) is 12.0. The highest BCUT2D eigenvalue weighted by atomic mass is 16.4. The molecule has 2 aromatic carbocycles. The van der Waals surface area contributed by atoms with E-state index in [4.69, 9.17) is 5.73 Å². The number of fused-ring (bicyclic) bond motifs is 1. The van der Waals surface area contributed by atoms with Crippen LogP contribution < -0.4 is 11.1 Å². The van der Waals surface area contributed by atoms with Gasteiger partial charge in [0.15, 0.2) is 0 Å². The number of carbonyl (C=O) groups excluding carboxylic acids is 1. The average Bonchev–Trinajstić information content (AvgIpc) is 2.45. The summed E-state index contributed by atoms with van der Waals surface area (Å²) in [5.74, 6) is -1.50. The number of hydrogen-bond donors (Lipinski definition) is 3. The van der Waals surface area contributed by atoms with E-state index >= 15 is 0 Å². The van der Waals surface area contributed by atoms with Crippen LogP contribution >= 0.6 is 0 Å². The highest BCUT2D eigenvalue weighted by molar-refractivity contribution is 6.06. The number of nitrogens with one attached hydrogen (secondary N) is 1. The van der Waals surface area contributed by atoms with E-state index in [0.717, 1.165) is 10.8 Å². The Balaban J connectivity index is 2.44. The molecular weight excluding hydrogens is 268 g/mol. The number of carboxylic acid groups (broad SMARTS) is 1. The minimum Gasteiger partial charge on any atom is -0.478 e. The third-order valence-corrected chi connectivity index (χ3v) is 3.40. The van der Waals surface area contributed by atoms with Crippen molar-refractivity contribution in [2.75, 3.05) is 5.32 Å². The molecule has 4 N–H and O–H groups in total. The molecule has 0 aliphatic carbocycles. The molecule has 0 radical (unpaired) electrons. The van der Waals surface area contributed by atoms with E-state index in [9.17, 15) is 14.7 Å². The smallest absolute Gasteiger partial charge is 0.337 e. The van der Waals surface area contributed by atoms with Crippen LogP contribution in [0.1, 0.15) is 24.2 Å². The van der Waals surface area contributed by atoms with E-state index in [-0.39, 0.29) is 23.1 Å². The SMILES string of the molecule is CC(C)C(N)C(=O)Nc1cc2ccccc2cc1C(=O)O. The molecule has 0 aliphatic heterocycles. The molecule has 0 saturated heterocycles. The Bertz CT molecular complexity index is 695. The first kappa shape index (κ1) is 15.0. The Kier molecular flexibility index (Phi) is 4.23. The van der Waals surface area contributed by atoms with Crippen LogP contribution in [0.3, 0.4) is 0 Å². The summed E-state index contributed by atoms with van der Waals surface area (Å²) >= 11 is 0. The molecule has 0 saturated carbocycles. The number of amides is 1. The standard InChI is InChI=1S/C16H18N2O3/c1-9(2)14(17)15(19)18-13-8-11-6-4-3-5-10(11)7-12(13)16(20)21/h3-9,14H,17H2,1-2H3,(H,18,19)(H,20,21). The third-order valence-electron chi connectivity index (χ3n) is 3.40. The van der Waals surface area contributed by atoms with Crippen molar-refractivity contribution in [2.24, 2.45) is 11.7 Å². The predicted octanol–water partition coefficient (Wildman–Crippen LogP) is 2.46. The van der Waals surface area contributed by atoms with E-state index in [2.05, 4.69) is 5.32 Å². The summed E-state index contributed by atoms with van der Waals surface area (Å²) in [6.45, 7) is 3.67. The summed E-state index contributed by atoms with van der Waals surface area (Å²) in [6.07, 6.45) is 0. The molecule has 2 rings (SSSR count). The third kappa shape index (κ3) is 3.20. The molecule has 0 spiro atoms. The van der Waals surface area contributed by atoms with Crippen molar-refractivity contribution in [3.05, 3.63) is 42.0 Å². The lowest BCUT2D eigenvalue weighted by Gasteiger charge is -2.17. The summed E-state index contributed by atoms with van der Waals surface area (Å²) in [5.41, 5.74) is 6.11. The summed E-state index contributed by atoms with van der Waals surface area (Å²) in [5, 5.41) is 13.6. The van der Waals surface area contributed by atoms with E-state index in [1.807, 2.05) is 38.1 Å². The first-order chi connectivity index (χ1) is 9.90. The lowest BCUT2D eigenvalue weighted by Crippen LogP contribution is -2.40. The molecule has 1 amide bonds. The molecule has 0 heterocycles. The molecule has 110 valence electrons. The van der Waals surface area contributed by atoms with Crippen molar-refractivity contribution in [3.8, 4) is 0 Å². The van der Waals surface area contributed by atoms with Crippen molar-refractivity contribution < 1.29 is 14.7 Å². The molecule has 2 aromatic rings. The lowest BCUT2D eigenvalue weighted by molar-refractivity contribution is -0.118. The van der Waals surface area contributed by atoms with Crippen LogP contribution in [0.15, 0.2) is 36.4 Å². The Morgan fingerprint density at radius 2 is 1.71 bits per heavy atom. The van der Waals surface area contributed by atoms with Gasteiger partial charge in [0.05, 0.1) is 17.3 Å². The summed E-state index contributed by atoms with van der Waals surface area (Å²) in [6, 6.07) is 9.90. The molecule has 5 heteroatoms. The highest BCUT2D eigenvalue weighted by Crippen LogP contribution is 2.24. The van der Waals surface area contributed by atoms with Crippen LogP contribution in [0.5, 0.6) is 0 Å². The fraction of sp³-hybridized carbons (Fsp3) is 0.250. The lowest BCUT2D eigenvalue weighted by atomic mass is 10.0. The van der Waals surface area contributed by atoms with Gasteiger partial charge in [-0.05, 0) is 28.8 Å². The monoisotopic (exact) mass is 286 g/mol. The summed E-state index contributed by atoms with van der Waals surface area (Å²) in [7, 11) is 0. The molecule has 0 bridgehead atoms. The van der Waals surface area contributed by atoms with E-state index < -0.39 is 12.0 Å². The van der Waals surface area contributed by atoms with Gasteiger partial charge in [-0.25, -0.2) is 4.79 Å². The number of hydrogen-bond acceptors (Lipinski definition) is 3. The van der Waals surface area contributed by atoms with E-state index in [1.165, 1.54) is 0 Å². The molecule has 1 atom stereocenters. The molecule has 0 aromatic heterocycles. The van der Waals surface area contributed by atoms with Gasteiger partial charge in [0.2, 0.25) is 5.91 Å². The van der Waals surface area contributed by atoms with Crippen molar-refractivity contribution in [3.63, 3.8) is 0 Å². The van der Waals surface area contributed by atoms with Gasteiger partial charge in [-0.3, -0.25) is 4.79 Å². The minimum atomic E-state index is -1.09. The predicted molar refractivity (Wildman–Crippen MR) is 82.4 cm³/mol. The van der Waals surface area contributed by atoms with Gasteiger partial charge in [-0.2, -0.15) is 0 Å². The Morgan fingerprint density at radius 1 is 1.14 bits per heavy atom. The topological polar surface area (TPSA) is 92.4 Å². The fourth-order valence-corrected chi connectivity index (χ4v) is 2.04. The maximum atomic E-state index is 12.0. The molecule has 0 aliphatic rings. The van der Waals surface area contributed by atoms with Crippen LogP contribution in [0.2, 0.25) is 0 Å². The largest absolute Gasteiger partial charge is 0.478 e. The average molecular weight is 286 g/mol. The van der Waals surface area contributed by atoms with E-state index in [1.54, 1.807) is 12.1 Å². The van der Waals surface area contributed by atoms with Gasteiger partial charge in [0.1, 0.15) is 0 Å². The summed E-state index contributed by atoms with van der Waals surface area (Å²) in [4.78, 5) is 23.4. The maximum absolute atomic E-state index is 12.0. The second kappa shape index (κ2) is 5.93. The van der Waals surface area contributed by atoms with Crippen molar-refractivity contribution >= 4 is 28.3 Å². The zero-order chi connectivity index (χ0) is 15.6. The number of carboxylic acids is 1. The maximum Gasteiger partial charge on any atom is 0.337 e. The van der Waals surface area contributed by atoms with Crippen LogP contribution in [0.4, 0.5) is 5.69 Å². The first-order valence-corrected chi connectivity index (χ1v) is 6.72. The van der Waals surface area contributed by atoms with Crippen LogP contribution in [0.25, 0.3) is 10.8 Å². The quantitative estimate of drug-likeness (QED) is 0.805. The number of carbonyl (C=O) groups is 2. The zero-order valence-electron chi connectivity index (χ0n) is 12.0. The molecular formula is C16H18N2O3. The fourth-order valence-electron chi connectivity index (χ4n) is 2.04. The number of benzene rings is 2. The number of rotatable bonds is 4. The second-order valence-electron chi connectivity index (χ2n) is 5.31. The van der Waals surface area contributed by atoms with Crippen LogP contribution in [-0.2, 0) is 4.79 Å². The molecule has 21 heavy (non-hydrogen) atoms. The van der Waals surface area contributed by atoms with Crippen molar-refractivity contribution in [1.82, 2.24) is 0 Å². The first-order valence-electron chi connectivity index (χ1n) is 6.72. The second-order valence-corrected chi connectivity index (χ2v) is 5.31. The van der Waals surface area contributed by atoms with Crippen LogP contribution in [0, 0.1) is 5.92 Å². The Hall–Kier alpha value is -2.40. The molecule has 1 unspecified atom stereocenters. The van der Waals surface area contributed by atoms with E-state index in [0.29, 0.717) is 0 Å². The molecule has 5 nitrogen and oxygen atoms in total. The number of nitrogens with two attached hydrogens (primary N) is 1. The summed E-state index contributed by atoms with van der Waals surface area (Å²) < 4.78 is 0. The number of anilines is 1. The molecule has 0 fully saturated rings. The van der Waals surface area contributed by atoms with Crippen LogP contribution in [-0.4, -0.2) is 23.0 Å². The highest BCUT2D eigenvalue weighted by Gasteiger charge is 2.20. The van der Waals surface area contributed by atoms with Gasteiger partial charge in [-0.1, -0.05) is 38.1 Å². The van der Waals surface area contributed by atoms with Crippen molar-refractivity contribution in [2.45, 2.75) is 19.9 Å². The Labute approximate surface area is 122 Å². The number of aromatic carboxylic acids is 1. The Morgan fingerprint density at radius 3 is 2.24 bits per heavy atom. The van der Waals surface area contributed by atoms with Gasteiger partial charge in [-0.15, -0.1) is 0 Å². The van der Waals surface area contributed by atoms with Gasteiger partial charge in [0, 0.05) is 0 Å². The van der Waals surface area contributed by atoms with Gasteiger partial charge < -0.3 is 16.2 Å².